The highest BCUT2D eigenvalue weighted by molar-refractivity contribution is 5.70. The van der Waals surface area contributed by atoms with Gasteiger partial charge in [0.15, 0.2) is 12.4 Å². The molecule has 1 aliphatic rings. The molecule has 0 radical (unpaired) electrons. The Morgan fingerprint density at radius 3 is 1.44 bits per heavy atom. The van der Waals surface area contributed by atoms with E-state index in [-0.39, 0.29) is 26.1 Å². The normalized spacial score (nSPS) is 19.9. The van der Waals surface area contributed by atoms with E-state index >= 15 is 0 Å². The fourth-order valence-corrected chi connectivity index (χ4v) is 7.61. The van der Waals surface area contributed by atoms with Gasteiger partial charge in [-0.25, -0.2) is 0 Å². The van der Waals surface area contributed by atoms with Gasteiger partial charge in [0.1, 0.15) is 31.0 Å². The minimum absolute atomic E-state index is 0.203. The topological polar surface area (TPSA) is 152 Å². The molecular weight excluding hydrogens is 797 g/mol. The maximum atomic E-state index is 12.8. The first-order chi connectivity index (χ1) is 30.8. The summed E-state index contributed by atoms with van der Waals surface area (Å²) in [6, 6.07) is 0. The number of hydrogen-bond donors (Lipinski definition) is 4. The van der Waals surface area contributed by atoms with Crippen molar-refractivity contribution < 1.29 is 49.0 Å². The lowest BCUT2D eigenvalue weighted by Crippen LogP contribution is -2.59. The number of carbonyl (C=O) groups is 2. The van der Waals surface area contributed by atoms with Gasteiger partial charge >= 0.3 is 11.9 Å². The third-order valence-electron chi connectivity index (χ3n) is 11.7. The van der Waals surface area contributed by atoms with Gasteiger partial charge < -0.3 is 39.4 Å². The van der Waals surface area contributed by atoms with Crippen molar-refractivity contribution in [2.24, 2.45) is 0 Å². The van der Waals surface area contributed by atoms with Crippen LogP contribution < -0.4 is 0 Å². The van der Waals surface area contributed by atoms with Crippen molar-refractivity contribution in [3.8, 4) is 0 Å². The number of hydrogen-bond acceptors (Lipinski definition) is 10. The number of aliphatic hydroxyl groups is 4. The van der Waals surface area contributed by atoms with Crippen LogP contribution in [0.15, 0.2) is 48.6 Å². The second-order valence-corrected chi connectivity index (χ2v) is 17.6. The molecule has 4 N–H and O–H groups in total. The molecule has 1 aliphatic heterocycles. The van der Waals surface area contributed by atoms with E-state index in [0.717, 1.165) is 64.2 Å². The fraction of sp³-hybridized carbons (Fsp3) is 0.811. The predicted octanol–water partition coefficient (Wildman–Crippen LogP) is 12.0. The summed E-state index contributed by atoms with van der Waals surface area (Å²) in [5.41, 5.74) is 0. The van der Waals surface area contributed by atoms with Crippen LogP contribution in [0.3, 0.4) is 0 Å². The number of esters is 2. The predicted molar refractivity (Wildman–Crippen MR) is 256 cm³/mol. The molecule has 10 nitrogen and oxygen atoms in total. The first-order valence-corrected chi connectivity index (χ1v) is 25.7. The van der Waals surface area contributed by atoms with Gasteiger partial charge in [-0.15, -0.1) is 0 Å². The molecule has 2 unspecified atom stereocenters. The summed E-state index contributed by atoms with van der Waals surface area (Å²) < 4.78 is 22.2. The lowest BCUT2D eigenvalue weighted by atomic mass is 9.99. The van der Waals surface area contributed by atoms with Crippen molar-refractivity contribution in [1.82, 2.24) is 0 Å². The zero-order chi connectivity index (χ0) is 45.9. The highest BCUT2D eigenvalue weighted by Crippen LogP contribution is 2.23. The maximum Gasteiger partial charge on any atom is 0.306 e. The third-order valence-corrected chi connectivity index (χ3v) is 11.7. The minimum Gasteiger partial charge on any atom is -0.462 e. The minimum atomic E-state index is -1.60. The summed E-state index contributed by atoms with van der Waals surface area (Å²) >= 11 is 0. The Balaban J connectivity index is 2.28. The SMILES string of the molecule is CCCCCC/C=C/C=C/CCCCCCCC(=O)O[C@@H](COC(=O)CCC/C=C/CC/C=C/CCCCCCCCCCCCCCCC)CO[C@H]1O[C@@H](CO)[C@@H](O)C(O)C1O. The monoisotopic (exact) mass is 891 g/mol. The molecule has 1 heterocycles. The summed E-state index contributed by atoms with van der Waals surface area (Å²) in [5, 5.41) is 40.2. The van der Waals surface area contributed by atoms with E-state index in [2.05, 4.69) is 62.5 Å². The number of rotatable bonds is 43. The van der Waals surface area contributed by atoms with Gasteiger partial charge in [0.25, 0.3) is 0 Å². The average molecular weight is 891 g/mol. The summed E-state index contributed by atoms with van der Waals surface area (Å²) in [6.07, 6.45) is 45.6. The molecule has 0 bridgehead atoms. The molecular formula is C53H94O10. The number of unbranched alkanes of at least 4 members (excludes halogenated alkanes) is 25. The highest BCUT2D eigenvalue weighted by atomic mass is 16.7. The third kappa shape index (κ3) is 34.6. The maximum absolute atomic E-state index is 12.8. The summed E-state index contributed by atoms with van der Waals surface area (Å²) in [5.74, 6) is -0.871. The largest absolute Gasteiger partial charge is 0.462 e. The van der Waals surface area contributed by atoms with Crippen LogP contribution in [-0.2, 0) is 28.5 Å². The summed E-state index contributed by atoms with van der Waals surface area (Å²) in [6.45, 7) is 3.37. The van der Waals surface area contributed by atoms with Crippen LogP contribution in [0, 0.1) is 0 Å². The van der Waals surface area contributed by atoms with Crippen LogP contribution in [0.2, 0.25) is 0 Å². The van der Waals surface area contributed by atoms with E-state index in [0.29, 0.717) is 12.8 Å². The van der Waals surface area contributed by atoms with Crippen molar-refractivity contribution >= 4 is 11.9 Å². The summed E-state index contributed by atoms with van der Waals surface area (Å²) in [7, 11) is 0. The second-order valence-electron chi connectivity index (χ2n) is 17.6. The van der Waals surface area contributed by atoms with E-state index in [1.54, 1.807) is 0 Å². The lowest BCUT2D eigenvalue weighted by molar-refractivity contribution is -0.305. The van der Waals surface area contributed by atoms with Crippen molar-refractivity contribution in [1.29, 1.82) is 0 Å². The van der Waals surface area contributed by atoms with Crippen molar-refractivity contribution in [2.45, 2.75) is 256 Å². The molecule has 0 amide bonds. The number of carbonyl (C=O) groups excluding carboxylic acids is 2. The Morgan fingerprint density at radius 2 is 0.921 bits per heavy atom. The molecule has 0 aromatic heterocycles. The van der Waals surface area contributed by atoms with Crippen LogP contribution in [0.1, 0.15) is 219 Å². The zero-order valence-electron chi connectivity index (χ0n) is 40.1. The molecule has 0 aromatic carbocycles. The Kier molecular flexibility index (Phi) is 40.6. The van der Waals surface area contributed by atoms with Gasteiger partial charge in [-0.05, 0) is 70.6 Å². The quantitative estimate of drug-likeness (QED) is 0.0201. The van der Waals surface area contributed by atoms with Crippen LogP contribution >= 0.6 is 0 Å². The molecule has 6 atom stereocenters. The van der Waals surface area contributed by atoms with Gasteiger partial charge in [-0.2, -0.15) is 0 Å². The highest BCUT2D eigenvalue weighted by Gasteiger charge is 2.44. The molecule has 1 rings (SSSR count). The molecule has 0 aromatic rings. The van der Waals surface area contributed by atoms with Crippen molar-refractivity contribution in [2.75, 3.05) is 19.8 Å². The molecule has 366 valence electrons. The van der Waals surface area contributed by atoms with Crippen LogP contribution in [0.5, 0.6) is 0 Å². The molecule has 0 aliphatic carbocycles. The Labute approximate surface area is 384 Å². The Morgan fingerprint density at radius 1 is 0.492 bits per heavy atom. The second kappa shape index (κ2) is 43.5. The molecule has 10 heteroatoms. The molecule has 0 saturated carbocycles. The standard InChI is InChI=1S/C53H94O10/c1-3-5-7-9-11-13-15-17-19-20-21-22-23-24-25-26-28-29-31-33-35-37-39-41-48(55)60-44-46(45-61-53-52(59)51(58)50(57)47(43-54)63-53)62-49(56)42-40-38-36-34-32-30-27-18-16-14-12-10-8-6-4-2/h14,16,18,26-28,33,35,46-47,50-54,57-59H,3-13,15,17,19-25,29-32,34,36-45H2,1-2H3/b16-14+,27-18+,28-26+,35-33+/t46-,47-,50+,51?,52?,53-/m0/s1. The van der Waals surface area contributed by atoms with E-state index in [4.69, 9.17) is 18.9 Å². The van der Waals surface area contributed by atoms with Gasteiger partial charge in [0.2, 0.25) is 0 Å². The zero-order valence-corrected chi connectivity index (χ0v) is 40.1. The van der Waals surface area contributed by atoms with Gasteiger partial charge in [0.05, 0.1) is 13.2 Å². The average Bonchev–Trinajstić information content (AvgIpc) is 3.28. The molecule has 63 heavy (non-hydrogen) atoms. The van der Waals surface area contributed by atoms with Crippen molar-refractivity contribution in [3.05, 3.63) is 48.6 Å². The van der Waals surface area contributed by atoms with Crippen LogP contribution in [0.4, 0.5) is 0 Å². The van der Waals surface area contributed by atoms with Crippen LogP contribution in [0.25, 0.3) is 0 Å². The first kappa shape index (κ1) is 58.7. The molecule has 0 spiro atoms. The van der Waals surface area contributed by atoms with E-state index in [1.165, 1.54) is 116 Å². The molecule has 1 fully saturated rings. The van der Waals surface area contributed by atoms with E-state index in [9.17, 15) is 30.0 Å². The Bertz CT molecular complexity index is 1170. The van der Waals surface area contributed by atoms with E-state index in [1.807, 2.05) is 0 Å². The number of aliphatic hydroxyl groups excluding tert-OH is 4. The van der Waals surface area contributed by atoms with Gasteiger partial charge in [0, 0.05) is 12.8 Å². The fourth-order valence-electron chi connectivity index (χ4n) is 7.61. The smallest absolute Gasteiger partial charge is 0.306 e. The summed E-state index contributed by atoms with van der Waals surface area (Å²) in [4.78, 5) is 25.4. The molecule has 1 saturated heterocycles. The first-order valence-electron chi connectivity index (χ1n) is 25.7. The van der Waals surface area contributed by atoms with Crippen molar-refractivity contribution in [3.63, 3.8) is 0 Å². The van der Waals surface area contributed by atoms with Gasteiger partial charge in [-0.3, -0.25) is 9.59 Å². The lowest BCUT2D eigenvalue weighted by Gasteiger charge is -2.39. The Hall–Kier alpha value is -2.34. The van der Waals surface area contributed by atoms with Crippen LogP contribution in [-0.4, -0.2) is 89.0 Å². The number of allylic oxidation sites excluding steroid dienone is 8. The van der Waals surface area contributed by atoms with Gasteiger partial charge in [-0.1, -0.05) is 184 Å². The van der Waals surface area contributed by atoms with E-state index < -0.39 is 55.4 Å². The number of ether oxygens (including phenoxy) is 4.